The molecule has 1 heterocycles. The molecule has 98 valence electrons. The van der Waals surface area contributed by atoms with Gasteiger partial charge in [-0.3, -0.25) is 4.79 Å². The van der Waals surface area contributed by atoms with E-state index in [0.717, 1.165) is 37.8 Å². The molecule has 0 spiro atoms. The van der Waals surface area contributed by atoms with Crippen molar-refractivity contribution in [3.63, 3.8) is 0 Å². The van der Waals surface area contributed by atoms with Gasteiger partial charge in [0.25, 0.3) is 0 Å². The molecule has 2 fully saturated rings. The van der Waals surface area contributed by atoms with Crippen molar-refractivity contribution in [2.45, 2.75) is 40.5 Å². The predicted octanol–water partition coefficient (Wildman–Crippen LogP) is 1.87. The summed E-state index contributed by atoms with van der Waals surface area (Å²) in [6.45, 7) is 11.2. The number of carbonyl (C=O) groups is 1. The number of nitrogens with zero attached hydrogens (tertiary/aromatic N) is 1. The van der Waals surface area contributed by atoms with Gasteiger partial charge in [-0.05, 0) is 30.1 Å². The summed E-state index contributed by atoms with van der Waals surface area (Å²) in [5, 5.41) is 0. The molecule has 2 N–H and O–H groups in total. The van der Waals surface area contributed by atoms with E-state index in [0.29, 0.717) is 17.9 Å². The first-order valence-corrected chi connectivity index (χ1v) is 6.92. The molecule has 1 aliphatic carbocycles. The first kappa shape index (κ1) is 12.9. The molecular formula is C14H26N2O. The molecule has 0 radical (unpaired) electrons. The monoisotopic (exact) mass is 238 g/mol. The number of carbonyl (C=O) groups excluding carboxylic acids is 1. The van der Waals surface area contributed by atoms with Gasteiger partial charge in [-0.2, -0.15) is 0 Å². The largest absolute Gasteiger partial charge is 0.342 e. The molecule has 1 aliphatic heterocycles. The number of amides is 1. The maximum absolute atomic E-state index is 12.6. The lowest BCUT2D eigenvalue weighted by Gasteiger charge is -2.34. The Morgan fingerprint density at radius 3 is 2.12 bits per heavy atom. The Balaban J connectivity index is 2.03. The van der Waals surface area contributed by atoms with Gasteiger partial charge in [0.05, 0.1) is 5.41 Å². The third-order valence-corrected chi connectivity index (χ3v) is 5.61. The quantitative estimate of drug-likeness (QED) is 0.812. The van der Waals surface area contributed by atoms with Crippen LogP contribution in [0.1, 0.15) is 40.5 Å². The Labute approximate surface area is 105 Å². The van der Waals surface area contributed by atoms with E-state index in [1.165, 1.54) is 0 Å². The zero-order valence-electron chi connectivity index (χ0n) is 11.6. The van der Waals surface area contributed by atoms with Gasteiger partial charge in [-0.1, -0.05) is 27.7 Å². The van der Waals surface area contributed by atoms with E-state index in [4.69, 9.17) is 5.73 Å². The Morgan fingerprint density at radius 1 is 1.29 bits per heavy atom. The van der Waals surface area contributed by atoms with E-state index in [-0.39, 0.29) is 5.41 Å². The van der Waals surface area contributed by atoms with Gasteiger partial charge in [0, 0.05) is 19.6 Å². The smallest absolute Gasteiger partial charge is 0.230 e. The second-order valence-electron chi connectivity index (χ2n) is 6.44. The molecule has 17 heavy (non-hydrogen) atoms. The topological polar surface area (TPSA) is 46.3 Å². The van der Waals surface area contributed by atoms with E-state index in [9.17, 15) is 4.79 Å². The van der Waals surface area contributed by atoms with Gasteiger partial charge in [0.2, 0.25) is 5.91 Å². The molecular weight excluding hydrogens is 212 g/mol. The van der Waals surface area contributed by atoms with Gasteiger partial charge >= 0.3 is 0 Å². The van der Waals surface area contributed by atoms with Crippen molar-refractivity contribution in [1.29, 1.82) is 0 Å². The average molecular weight is 238 g/mol. The van der Waals surface area contributed by atoms with Gasteiger partial charge in [-0.25, -0.2) is 0 Å². The molecule has 3 heteroatoms. The zero-order valence-corrected chi connectivity index (χ0v) is 11.6. The van der Waals surface area contributed by atoms with Crippen LogP contribution in [-0.4, -0.2) is 30.4 Å². The molecule has 2 rings (SSSR count). The molecule has 1 amide bonds. The number of piperidine rings is 1. The second-order valence-corrected chi connectivity index (χ2v) is 6.44. The van der Waals surface area contributed by atoms with E-state index in [1.54, 1.807) is 0 Å². The summed E-state index contributed by atoms with van der Waals surface area (Å²) in [5.41, 5.74) is 6.02. The Hall–Kier alpha value is -0.570. The maximum atomic E-state index is 12.6. The molecule has 3 nitrogen and oxygen atoms in total. The lowest BCUT2D eigenvalue weighted by atomic mass is 9.81. The van der Waals surface area contributed by atoms with Crippen molar-refractivity contribution in [1.82, 2.24) is 4.90 Å². The van der Waals surface area contributed by atoms with Crippen LogP contribution in [0, 0.1) is 22.7 Å². The summed E-state index contributed by atoms with van der Waals surface area (Å²) >= 11 is 0. The molecule has 0 aromatic carbocycles. The van der Waals surface area contributed by atoms with Gasteiger partial charge in [0.1, 0.15) is 0 Å². The van der Waals surface area contributed by atoms with E-state index >= 15 is 0 Å². The van der Waals surface area contributed by atoms with E-state index < -0.39 is 0 Å². The maximum Gasteiger partial charge on any atom is 0.230 e. The van der Waals surface area contributed by atoms with Crippen LogP contribution < -0.4 is 5.73 Å². The number of likely N-dealkylation sites (tertiary alicyclic amines) is 1. The average Bonchev–Trinajstić information content (AvgIpc) is 2.73. The highest BCUT2D eigenvalue weighted by atomic mass is 16.2. The first-order chi connectivity index (χ1) is 7.93. The molecule has 2 unspecified atom stereocenters. The van der Waals surface area contributed by atoms with Gasteiger partial charge < -0.3 is 10.6 Å². The molecule has 2 aliphatic rings. The summed E-state index contributed by atoms with van der Waals surface area (Å²) < 4.78 is 0. The van der Waals surface area contributed by atoms with E-state index in [1.807, 2.05) is 0 Å². The minimum Gasteiger partial charge on any atom is -0.342 e. The highest BCUT2D eigenvalue weighted by Gasteiger charge is 2.63. The van der Waals surface area contributed by atoms with Crippen LogP contribution in [0.3, 0.4) is 0 Å². The Morgan fingerprint density at radius 2 is 1.76 bits per heavy atom. The predicted molar refractivity (Wildman–Crippen MR) is 69.4 cm³/mol. The van der Waals surface area contributed by atoms with Crippen LogP contribution in [0.25, 0.3) is 0 Å². The molecule has 2 atom stereocenters. The molecule has 0 aromatic heterocycles. The van der Waals surface area contributed by atoms with Crippen molar-refractivity contribution in [2.75, 3.05) is 19.6 Å². The minimum absolute atomic E-state index is 0.299. The standard InChI is InChI=1S/C14H26N2O/c1-5-14(6-2,9-15)12(17)16-7-10-11(8-16)13(10,3)4/h10-11H,5-9,15H2,1-4H3. The Kier molecular flexibility index (Phi) is 3.01. The molecule has 1 saturated carbocycles. The number of hydrogen-bond donors (Lipinski definition) is 1. The van der Waals surface area contributed by atoms with Gasteiger partial charge in [0.15, 0.2) is 0 Å². The third kappa shape index (κ3) is 1.70. The SMILES string of the molecule is CCC(CC)(CN)C(=O)N1CC2C(C1)C2(C)C. The van der Waals surface area contributed by atoms with Crippen molar-refractivity contribution in [2.24, 2.45) is 28.4 Å². The lowest BCUT2D eigenvalue weighted by molar-refractivity contribution is -0.142. The first-order valence-electron chi connectivity index (χ1n) is 6.92. The van der Waals surface area contributed by atoms with Crippen molar-refractivity contribution in [3.8, 4) is 0 Å². The summed E-state index contributed by atoms with van der Waals surface area (Å²) in [5.74, 6) is 1.76. The van der Waals surface area contributed by atoms with Crippen LogP contribution >= 0.6 is 0 Å². The molecule has 0 aromatic rings. The fraction of sp³-hybridized carbons (Fsp3) is 0.929. The molecule has 0 bridgehead atoms. The van der Waals surface area contributed by atoms with Crippen LogP contribution in [0.5, 0.6) is 0 Å². The zero-order chi connectivity index (χ0) is 12.8. The fourth-order valence-corrected chi connectivity index (χ4v) is 3.56. The summed E-state index contributed by atoms with van der Waals surface area (Å²) in [7, 11) is 0. The second kappa shape index (κ2) is 3.98. The minimum atomic E-state index is -0.305. The van der Waals surface area contributed by atoms with Crippen LogP contribution in [0.15, 0.2) is 0 Å². The number of hydrogen-bond acceptors (Lipinski definition) is 2. The number of rotatable bonds is 4. The third-order valence-electron chi connectivity index (χ3n) is 5.61. The van der Waals surface area contributed by atoms with Crippen LogP contribution in [0.4, 0.5) is 0 Å². The molecule has 1 saturated heterocycles. The highest BCUT2D eigenvalue weighted by Crippen LogP contribution is 2.62. The number of fused-ring (bicyclic) bond motifs is 1. The Bertz CT molecular complexity index is 298. The van der Waals surface area contributed by atoms with Crippen molar-refractivity contribution < 1.29 is 4.79 Å². The number of nitrogens with two attached hydrogens (primary N) is 1. The summed E-state index contributed by atoms with van der Waals surface area (Å²) in [4.78, 5) is 14.7. The summed E-state index contributed by atoms with van der Waals surface area (Å²) in [6.07, 6.45) is 1.71. The highest BCUT2D eigenvalue weighted by molar-refractivity contribution is 5.83. The lowest BCUT2D eigenvalue weighted by Crippen LogP contribution is -2.48. The fourth-order valence-electron chi connectivity index (χ4n) is 3.56. The normalized spacial score (nSPS) is 30.3. The van der Waals surface area contributed by atoms with Crippen LogP contribution in [-0.2, 0) is 4.79 Å². The van der Waals surface area contributed by atoms with E-state index in [2.05, 4.69) is 32.6 Å². The van der Waals surface area contributed by atoms with Gasteiger partial charge in [-0.15, -0.1) is 0 Å². The van der Waals surface area contributed by atoms with Crippen LogP contribution in [0.2, 0.25) is 0 Å². The van der Waals surface area contributed by atoms with Crippen molar-refractivity contribution >= 4 is 5.91 Å². The summed E-state index contributed by atoms with van der Waals surface area (Å²) in [6, 6.07) is 0. The van der Waals surface area contributed by atoms with Crippen molar-refractivity contribution in [3.05, 3.63) is 0 Å².